The van der Waals surface area contributed by atoms with Gasteiger partial charge in [0.25, 0.3) is 0 Å². The van der Waals surface area contributed by atoms with Gasteiger partial charge in [0, 0.05) is 5.38 Å². The van der Waals surface area contributed by atoms with Crippen LogP contribution in [0.5, 0.6) is 0 Å². The molecule has 0 fully saturated rings. The minimum absolute atomic E-state index is 0.898. The molecule has 0 aromatic carbocycles. The summed E-state index contributed by atoms with van der Waals surface area (Å²) in [5.41, 5.74) is 6.98. The molecule has 0 N–H and O–H groups in total. The van der Waals surface area contributed by atoms with E-state index in [0.717, 1.165) is 17.1 Å². The minimum Gasteiger partial charge on any atom is -0.243 e. The highest BCUT2D eigenvalue weighted by molar-refractivity contribution is 7.07. The molecule has 0 spiro atoms. The molecule has 0 aliphatic heterocycles. The van der Waals surface area contributed by atoms with Crippen molar-refractivity contribution in [1.29, 1.82) is 0 Å². The van der Waals surface area contributed by atoms with Gasteiger partial charge in [-0.3, -0.25) is 0 Å². The molecule has 0 radical (unpaired) electrons. The van der Waals surface area contributed by atoms with Crippen molar-refractivity contribution in [3.63, 3.8) is 0 Å². The molecule has 0 amide bonds. The maximum atomic E-state index is 4.23. The van der Waals surface area contributed by atoms with Crippen molar-refractivity contribution < 1.29 is 0 Å². The van der Waals surface area contributed by atoms with Crippen LogP contribution in [-0.2, 0) is 0 Å². The Bertz CT molecular complexity index is 450. The first-order valence-electron chi connectivity index (χ1n) is 6.39. The number of hydrogen-bond donors (Lipinski definition) is 0. The SMILES string of the molecule is CC.CC.Cc1nnc(-c2cscn2)c(C)c1C. The fraction of sp³-hybridized carbons (Fsp3) is 0.500. The van der Waals surface area contributed by atoms with Crippen molar-refractivity contribution in [1.82, 2.24) is 15.2 Å². The summed E-state index contributed by atoms with van der Waals surface area (Å²) < 4.78 is 0. The van der Waals surface area contributed by atoms with Crippen molar-refractivity contribution in [2.45, 2.75) is 48.5 Å². The molecule has 0 bridgehead atoms. The second-order valence-electron chi connectivity index (χ2n) is 3.26. The lowest BCUT2D eigenvalue weighted by Gasteiger charge is -2.06. The van der Waals surface area contributed by atoms with Crippen LogP contribution in [0.25, 0.3) is 11.4 Å². The topological polar surface area (TPSA) is 38.7 Å². The summed E-state index contributed by atoms with van der Waals surface area (Å²) in [4.78, 5) is 4.23. The lowest BCUT2D eigenvalue weighted by atomic mass is 10.1. The van der Waals surface area contributed by atoms with Gasteiger partial charge in [0.2, 0.25) is 0 Å². The van der Waals surface area contributed by atoms with Gasteiger partial charge < -0.3 is 0 Å². The van der Waals surface area contributed by atoms with Crippen molar-refractivity contribution in [2.24, 2.45) is 0 Å². The second kappa shape index (κ2) is 8.75. The zero-order chi connectivity index (χ0) is 14.1. The zero-order valence-corrected chi connectivity index (χ0v) is 13.2. The van der Waals surface area contributed by atoms with E-state index in [4.69, 9.17) is 0 Å². The Balaban J connectivity index is 0.000000659. The molecule has 0 aliphatic carbocycles. The fourth-order valence-electron chi connectivity index (χ4n) is 1.30. The van der Waals surface area contributed by atoms with Gasteiger partial charge in [-0.15, -0.1) is 16.4 Å². The largest absolute Gasteiger partial charge is 0.243 e. The van der Waals surface area contributed by atoms with E-state index >= 15 is 0 Å². The van der Waals surface area contributed by atoms with E-state index in [9.17, 15) is 0 Å². The van der Waals surface area contributed by atoms with Crippen LogP contribution in [0.1, 0.15) is 44.5 Å². The summed E-state index contributed by atoms with van der Waals surface area (Å²) in [5, 5.41) is 10.3. The van der Waals surface area contributed by atoms with Crippen molar-refractivity contribution in [3.8, 4) is 11.4 Å². The monoisotopic (exact) mass is 265 g/mol. The van der Waals surface area contributed by atoms with Crippen LogP contribution in [0.4, 0.5) is 0 Å². The van der Waals surface area contributed by atoms with Crippen LogP contribution >= 0.6 is 11.3 Å². The lowest BCUT2D eigenvalue weighted by molar-refractivity contribution is 0.948. The van der Waals surface area contributed by atoms with Crippen molar-refractivity contribution in [3.05, 3.63) is 27.7 Å². The zero-order valence-electron chi connectivity index (χ0n) is 12.4. The molecule has 0 unspecified atom stereocenters. The number of aryl methyl sites for hydroxylation is 1. The van der Waals surface area contributed by atoms with E-state index in [2.05, 4.69) is 29.0 Å². The molecule has 18 heavy (non-hydrogen) atoms. The molecular formula is C14H23N3S. The normalized spacial score (nSPS) is 8.83. The molecule has 0 saturated carbocycles. The van der Waals surface area contributed by atoms with Gasteiger partial charge in [-0.1, -0.05) is 27.7 Å². The van der Waals surface area contributed by atoms with Gasteiger partial charge in [0.05, 0.1) is 11.2 Å². The van der Waals surface area contributed by atoms with Crippen molar-refractivity contribution in [2.75, 3.05) is 0 Å². The molecule has 2 rings (SSSR count). The number of aromatic nitrogens is 3. The minimum atomic E-state index is 0.898. The predicted octanol–water partition coefficient (Wildman–Crippen LogP) is 4.58. The number of nitrogens with zero attached hydrogens (tertiary/aromatic N) is 3. The van der Waals surface area contributed by atoms with E-state index in [1.54, 1.807) is 11.3 Å². The lowest BCUT2D eigenvalue weighted by Crippen LogP contribution is -1.98. The van der Waals surface area contributed by atoms with E-state index < -0.39 is 0 Å². The predicted molar refractivity (Wildman–Crippen MR) is 80.0 cm³/mol. The van der Waals surface area contributed by atoms with Gasteiger partial charge in [-0.25, -0.2) is 4.98 Å². The summed E-state index contributed by atoms with van der Waals surface area (Å²) in [5.74, 6) is 0. The molecule has 2 aromatic rings. The molecule has 2 heterocycles. The van der Waals surface area contributed by atoms with Gasteiger partial charge in [0.15, 0.2) is 0 Å². The molecule has 0 saturated heterocycles. The summed E-state index contributed by atoms with van der Waals surface area (Å²) >= 11 is 1.57. The Morgan fingerprint density at radius 1 is 0.889 bits per heavy atom. The highest BCUT2D eigenvalue weighted by Crippen LogP contribution is 2.22. The number of thiazole rings is 1. The first-order valence-corrected chi connectivity index (χ1v) is 7.33. The van der Waals surface area contributed by atoms with Crippen molar-refractivity contribution >= 4 is 11.3 Å². The third-order valence-electron chi connectivity index (χ3n) is 2.44. The molecular weight excluding hydrogens is 242 g/mol. The summed E-state index contributed by atoms with van der Waals surface area (Å²) in [6.45, 7) is 14.1. The summed E-state index contributed by atoms with van der Waals surface area (Å²) in [6.07, 6.45) is 0. The molecule has 0 aliphatic rings. The Kier molecular flexibility index (Phi) is 8.12. The average Bonchev–Trinajstić information content (AvgIpc) is 2.95. The molecule has 100 valence electrons. The highest BCUT2D eigenvalue weighted by Gasteiger charge is 2.09. The van der Waals surface area contributed by atoms with Crippen LogP contribution in [0.3, 0.4) is 0 Å². The third kappa shape index (κ3) is 3.88. The number of rotatable bonds is 1. The van der Waals surface area contributed by atoms with Gasteiger partial charge >= 0.3 is 0 Å². The van der Waals surface area contributed by atoms with Gasteiger partial charge in [-0.05, 0) is 31.9 Å². The van der Waals surface area contributed by atoms with Crippen LogP contribution in [0.15, 0.2) is 10.9 Å². The Labute approximate surface area is 114 Å². The van der Waals surface area contributed by atoms with Gasteiger partial charge in [0.1, 0.15) is 11.4 Å². The van der Waals surface area contributed by atoms with Gasteiger partial charge in [-0.2, -0.15) is 5.10 Å². The van der Waals surface area contributed by atoms with E-state index in [1.165, 1.54) is 11.1 Å². The average molecular weight is 265 g/mol. The maximum Gasteiger partial charge on any atom is 0.115 e. The Hall–Kier alpha value is -1.29. The molecule has 2 aromatic heterocycles. The molecule has 4 heteroatoms. The molecule has 3 nitrogen and oxygen atoms in total. The van der Waals surface area contributed by atoms with E-state index in [-0.39, 0.29) is 0 Å². The van der Waals surface area contributed by atoms with Crippen LogP contribution in [-0.4, -0.2) is 15.2 Å². The van der Waals surface area contributed by atoms with Crippen LogP contribution < -0.4 is 0 Å². The first kappa shape index (κ1) is 16.7. The smallest absolute Gasteiger partial charge is 0.115 e. The Morgan fingerprint density at radius 3 is 2.00 bits per heavy atom. The Morgan fingerprint density at radius 2 is 1.50 bits per heavy atom. The molecule has 0 atom stereocenters. The standard InChI is InChI=1S/C10H11N3S.2C2H6/c1-6-7(2)10(13-12-8(6)3)9-4-14-5-11-9;2*1-2/h4-5H,1-3H3;2*1-2H3. The quantitative estimate of drug-likeness (QED) is 0.757. The summed E-state index contributed by atoms with van der Waals surface area (Å²) in [6, 6.07) is 0. The first-order chi connectivity index (χ1) is 8.70. The maximum absolute atomic E-state index is 4.23. The second-order valence-corrected chi connectivity index (χ2v) is 3.98. The number of hydrogen-bond acceptors (Lipinski definition) is 4. The fourth-order valence-corrected chi connectivity index (χ4v) is 1.83. The van der Waals surface area contributed by atoms with E-state index in [1.807, 2.05) is 45.5 Å². The summed E-state index contributed by atoms with van der Waals surface area (Å²) in [7, 11) is 0. The van der Waals surface area contributed by atoms with E-state index in [0.29, 0.717) is 0 Å². The third-order valence-corrected chi connectivity index (χ3v) is 3.02. The van der Waals surface area contributed by atoms with Crippen LogP contribution in [0.2, 0.25) is 0 Å². The highest BCUT2D eigenvalue weighted by atomic mass is 32.1. The van der Waals surface area contributed by atoms with Crippen LogP contribution in [0, 0.1) is 20.8 Å².